The lowest BCUT2D eigenvalue weighted by Gasteiger charge is -2.13. The molecule has 0 saturated carbocycles. The maximum atomic E-state index is 12.1. The first kappa shape index (κ1) is 21.2. The Labute approximate surface area is 182 Å². The molecule has 0 atom stereocenters. The number of aromatic nitrogens is 1. The van der Waals surface area contributed by atoms with E-state index in [0.29, 0.717) is 16.1 Å². The highest BCUT2D eigenvalue weighted by Crippen LogP contribution is 2.36. The Hall–Kier alpha value is -3.52. The number of nitrogen functional groups attached to an aromatic ring is 1. The fraction of sp³-hybridized carbons (Fsp3) is 0.0909. The predicted octanol–water partition coefficient (Wildman–Crippen LogP) is 4.56. The van der Waals surface area contributed by atoms with Crippen molar-refractivity contribution in [3.63, 3.8) is 0 Å². The van der Waals surface area contributed by atoms with E-state index in [-0.39, 0.29) is 34.3 Å². The first-order chi connectivity index (χ1) is 14.5. The molecule has 0 unspecified atom stereocenters. The summed E-state index contributed by atoms with van der Waals surface area (Å²) < 4.78 is 5.26. The van der Waals surface area contributed by atoms with Crippen molar-refractivity contribution in [2.24, 2.45) is 0 Å². The number of benzene rings is 2. The van der Waals surface area contributed by atoms with Crippen molar-refractivity contribution in [3.8, 4) is 23.3 Å². The minimum atomic E-state index is -0.453. The second-order valence-electron chi connectivity index (χ2n) is 6.09. The van der Waals surface area contributed by atoms with E-state index in [4.69, 9.17) is 22.1 Å². The van der Waals surface area contributed by atoms with E-state index in [1.165, 1.54) is 0 Å². The molecule has 1 aromatic heterocycles. The van der Waals surface area contributed by atoms with Crippen LogP contribution in [0.4, 0.5) is 5.82 Å². The second kappa shape index (κ2) is 9.80. The molecular weight excluding hydrogens is 420 g/mol. The van der Waals surface area contributed by atoms with Gasteiger partial charge in [0.2, 0.25) is 0 Å². The molecular formula is C22H15ClN4O2S. The summed E-state index contributed by atoms with van der Waals surface area (Å²) in [6.45, 7) is 0.157. The van der Waals surface area contributed by atoms with Crippen LogP contribution in [0.3, 0.4) is 0 Å². The number of pyridine rings is 1. The number of esters is 1. The van der Waals surface area contributed by atoms with Crippen LogP contribution in [0.15, 0.2) is 59.6 Å². The zero-order valence-corrected chi connectivity index (χ0v) is 17.2. The van der Waals surface area contributed by atoms with Crippen LogP contribution in [0.1, 0.15) is 16.7 Å². The number of hydrogen-bond donors (Lipinski definition) is 1. The molecule has 8 heteroatoms. The second-order valence-corrected chi connectivity index (χ2v) is 7.49. The van der Waals surface area contributed by atoms with Gasteiger partial charge in [-0.15, -0.1) is 0 Å². The number of carbonyl (C=O) groups excluding carboxylic acids is 1. The van der Waals surface area contributed by atoms with Crippen LogP contribution >= 0.6 is 23.4 Å². The summed E-state index contributed by atoms with van der Waals surface area (Å²) in [7, 11) is 0. The Bertz CT molecular complexity index is 1150. The van der Waals surface area contributed by atoms with E-state index in [1.54, 1.807) is 24.3 Å². The average molecular weight is 435 g/mol. The highest BCUT2D eigenvalue weighted by molar-refractivity contribution is 7.99. The number of ether oxygens (including phenoxy) is 1. The highest BCUT2D eigenvalue weighted by atomic mass is 35.5. The summed E-state index contributed by atoms with van der Waals surface area (Å²) in [4.78, 5) is 16.3. The van der Waals surface area contributed by atoms with Crippen LogP contribution in [-0.4, -0.2) is 16.7 Å². The van der Waals surface area contributed by atoms with Gasteiger partial charge in [0.15, 0.2) is 0 Å². The smallest absolute Gasteiger partial charge is 0.316 e. The lowest BCUT2D eigenvalue weighted by molar-refractivity contribution is -0.141. The van der Waals surface area contributed by atoms with Gasteiger partial charge < -0.3 is 10.5 Å². The third-order valence-corrected chi connectivity index (χ3v) is 5.32. The van der Waals surface area contributed by atoms with Crippen molar-refractivity contribution >= 4 is 35.1 Å². The van der Waals surface area contributed by atoms with E-state index in [0.717, 1.165) is 17.3 Å². The van der Waals surface area contributed by atoms with E-state index < -0.39 is 5.97 Å². The number of nitrogens with two attached hydrogens (primary N) is 1. The summed E-state index contributed by atoms with van der Waals surface area (Å²) in [5.74, 6) is -0.521. The van der Waals surface area contributed by atoms with Crippen molar-refractivity contribution in [2.75, 3.05) is 11.5 Å². The molecule has 148 valence electrons. The molecule has 0 amide bonds. The summed E-state index contributed by atoms with van der Waals surface area (Å²) in [6, 6.07) is 20.1. The van der Waals surface area contributed by atoms with Gasteiger partial charge in [0.1, 0.15) is 35.2 Å². The third-order valence-electron chi connectivity index (χ3n) is 4.12. The van der Waals surface area contributed by atoms with Crippen LogP contribution in [-0.2, 0) is 16.1 Å². The van der Waals surface area contributed by atoms with Crippen LogP contribution in [0.25, 0.3) is 11.1 Å². The first-order valence-corrected chi connectivity index (χ1v) is 10.1. The van der Waals surface area contributed by atoms with Crippen molar-refractivity contribution in [2.45, 2.75) is 11.6 Å². The number of halogens is 1. The van der Waals surface area contributed by atoms with E-state index in [2.05, 4.69) is 11.1 Å². The summed E-state index contributed by atoms with van der Waals surface area (Å²) >= 11 is 6.98. The van der Waals surface area contributed by atoms with Gasteiger partial charge in [0, 0.05) is 10.6 Å². The van der Waals surface area contributed by atoms with Gasteiger partial charge in [-0.25, -0.2) is 4.98 Å². The lowest BCUT2D eigenvalue weighted by atomic mass is 9.97. The SMILES string of the molecule is N#Cc1c(N)nc(SCC(=O)OCc2ccccc2)c(C#N)c1-c1ccc(Cl)cc1. The van der Waals surface area contributed by atoms with Crippen molar-refractivity contribution < 1.29 is 9.53 Å². The molecule has 0 fully saturated rings. The number of anilines is 1. The quantitative estimate of drug-likeness (QED) is 0.446. The number of rotatable bonds is 6. The molecule has 2 aromatic carbocycles. The largest absolute Gasteiger partial charge is 0.460 e. The van der Waals surface area contributed by atoms with Gasteiger partial charge in [0.05, 0.1) is 11.3 Å². The number of hydrogen-bond acceptors (Lipinski definition) is 7. The maximum absolute atomic E-state index is 12.1. The molecule has 30 heavy (non-hydrogen) atoms. The summed E-state index contributed by atoms with van der Waals surface area (Å²) in [6.07, 6.45) is 0. The van der Waals surface area contributed by atoms with E-state index in [9.17, 15) is 15.3 Å². The minimum absolute atomic E-state index is 0.0124. The molecule has 3 aromatic rings. The summed E-state index contributed by atoms with van der Waals surface area (Å²) in [5, 5.41) is 20.1. The molecule has 6 nitrogen and oxygen atoms in total. The Kier molecular flexibility index (Phi) is 6.92. The maximum Gasteiger partial charge on any atom is 0.316 e. The average Bonchev–Trinajstić information content (AvgIpc) is 2.77. The van der Waals surface area contributed by atoms with Gasteiger partial charge in [-0.05, 0) is 23.3 Å². The number of carbonyl (C=O) groups is 1. The Balaban J connectivity index is 1.84. The fourth-order valence-electron chi connectivity index (χ4n) is 2.71. The van der Waals surface area contributed by atoms with E-state index >= 15 is 0 Å². The molecule has 0 aliphatic heterocycles. The molecule has 3 rings (SSSR count). The van der Waals surface area contributed by atoms with Crippen LogP contribution < -0.4 is 5.73 Å². The molecule has 0 aliphatic carbocycles. The molecule has 0 saturated heterocycles. The van der Waals surface area contributed by atoms with Crippen molar-refractivity contribution in [1.29, 1.82) is 10.5 Å². The third kappa shape index (κ3) is 4.90. The van der Waals surface area contributed by atoms with Crippen molar-refractivity contribution in [1.82, 2.24) is 4.98 Å². The Morgan fingerprint density at radius 1 is 1.07 bits per heavy atom. The zero-order chi connectivity index (χ0) is 21.5. The zero-order valence-electron chi connectivity index (χ0n) is 15.6. The number of thioether (sulfide) groups is 1. The summed E-state index contributed by atoms with van der Waals surface area (Å²) in [5.41, 5.74) is 8.08. The van der Waals surface area contributed by atoms with Gasteiger partial charge in [-0.3, -0.25) is 4.79 Å². The molecule has 0 aliphatic rings. The standard InChI is InChI=1S/C22H15ClN4O2S/c23-16-8-6-15(7-9-16)20-17(10-24)21(26)27-22(18(20)11-25)30-13-19(28)29-12-14-4-2-1-3-5-14/h1-9H,12-13H2,(H2,26,27). The molecule has 1 heterocycles. The lowest BCUT2D eigenvalue weighted by Crippen LogP contribution is -2.09. The Morgan fingerprint density at radius 3 is 2.37 bits per heavy atom. The van der Waals surface area contributed by atoms with Gasteiger partial charge >= 0.3 is 5.97 Å². The van der Waals surface area contributed by atoms with Gasteiger partial charge in [-0.1, -0.05) is 65.8 Å². The number of nitriles is 2. The molecule has 2 N–H and O–H groups in total. The Morgan fingerprint density at radius 2 is 1.73 bits per heavy atom. The molecule has 0 bridgehead atoms. The van der Waals surface area contributed by atoms with Crippen LogP contribution in [0.2, 0.25) is 5.02 Å². The minimum Gasteiger partial charge on any atom is -0.460 e. The van der Waals surface area contributed by atoms with Crippen LogP contribution in [0, 0.1) is 22.7 Å². The van der Waals surface area contributed by atoms with E-state index in [1.807, 2.05) is 36.4 Å². The van der Waals surface area contributed by atoms with Crippen LogP contribution in [0.5, 0.6) is 0 Å². The topological polar surface area (TPSA) is 113 Å². The first-order valence-electron chi connectivity index (χ1n) is 8.75. The monoisotopic (exact) mass is 434 g/mol. The fourth-order valence-corrected chi connectivity index (χ4v) is 3.63. The molecule has 0 spiro atoms. The highest BCUT2D eigenvalue weighted by Gasteiger charge is 2.21. The predicted molar refractivity (Wildman–Crippen MR) is 115 cm³/mol. The van der Waals surface area contributed by atoms with Crippen molar-refractivity contribution in [3.05, 3.63) is 76.3 Å². The molecule has 0 radical (unpaired) electrons. The van der Waals surface area contributed by atoms with Gasteiger partial charge in [-0.2, -0.15) is 10.5 Å². The normalized spacial score (nSPS) is 10.1. The number of nitrogens with zero attached hydrogens (tertiary/aromatic N) is 3. The van der Waals surface area contributed by atoms with Gasteiger partial charge in [0.25, 0.3) is 0 Å².